The van der Waals surface area contributed by atoms with E-state index >= 15 is 0 Å². The van der Waals surface area contributed by atoms with Crippen LogP contribution < -0.4 is 5.73 Å². The molecule has 0 radical (unpaired) electrons. The van der Waals surface area contributed by atoms with Crippen molar-refractivity contribution in [2.75, 3.05) is 0 Å². The maximum absolute atomic E-state index is 6.27. The third kappa shape index (κ3) is 2.35. The van der Waals surface area contributed by atoms with Crippen LogP contribution in [0.15, 0.2) is 12.4 Å². The van der Waals surface area contributed by atoms with Crippen LogP contribution in [-0.4, -0.2) is 19.6 Å². The van der Waals surface area contributed by atoms with Gasteiger partial charge in [-0.3, -0.25) is 9.36 Å². The molecule has 2 aromatic heterocycles. The lowest BCUT2D eigenvalue weighted by atomic mass is 10.3. The van der Waals surface area contributed by atoms with Crippen LogP contribution in [0, 0.1) is 0 Å². The molecule has 2 N–H and O–H groups in total. The molecule has 2 heterocycles. The highest BCUT2D eigenvalue weighted by Crippen LogP contribution is 2.21. The normalized spacial score (nSPS) is 11.1. The predicted molar refractivity (Wildman–Crippen MR) is 66.8 cm³/mol. The van der Waals surface area contributed by atoms with E-state index in [1.54, 1.807) is 6.20 Å². The van der Waals surface area contributed by atoms with E-state index in [0.717, 1.165) is 28.4 Å². The first-order valence-corrected chi connectivity index (χ1v) is 5.95. The van der Waals surface area contributed by atoms with Gasteiger partial charge in [0.05, 0.1) is 29.2 Å². The lowest BCUT2D eigenvalue weighted by Gasteiger charge is -2.02. The van der Waals surface area contributed by atoms with Gasteiger partial charge >= 0.3 is 0 Å². The summed E-state index contributed by atoms with van der Waals surface area (Å²) in [7, 11) is 1.90. The van der Waals surface area contributed by atoms with Crippen molar-refractivity contribution in [3.8, 4) is 0 Å². The highest BCUT2D eigenvalue weighted by atomic mass is 35.5. The Morgan fingerprint density at radius 3 is 2.76 bits per heavy atom. The van der Waals surface area contributed by atoms with Crippen LogP contribution in [0.4, 0.5) is 0 Å². The molecule has 0 atom stereocenters. The van der Waals surface area contributed by atoms with Crippen LogP contribution in [0.2, 0.25) is 5.02 Å². The average Bonchev–Trinajstić information content (AvgIpc) is 2.88. The van der Waals surface area contributed by atoms with Gasteiger partial charge in [-0.2, -0.15) is 10.2 Å². The summed E-state index contributed by atoms with van der Waals surface area (Å²) in [6.45, 7) is 3.15. The third-order valence-electron chi connectivity index (χ3n) is 2.74. The van der Waals surface area contributed by atoms with Gasteiger partial charge in [-0.15, -0.1) is 0 Å². The average molecular weight is 254 g/mol. The highest BCUT2D eigenvalue weighted by Gasteiger charge is 2.13. The molecule has 92 valence electrons. The molecule has 5 nitrogen and oxygen atoms in total. The smallest absolute Gasteiger partial charge is 0.0869 e. The summed E-state index contributed by atoms with van der Waals surface area (Å²) < 4.78 is 3.63. The van der Waals surface area contributed by atoms with Crippen molar-refractivity contribution in [2.45, 2.75) is 26.4 Å². The standard InChI is InChI=1S/C11H16ClN5/c1-3-9-11(12)10(16(2)15-9)7-17-6-8(4-13)5-14-17/h5-6H,3-4,7,13H2,1-2H3. The van der Waals surface area contributed by atoms with E-state index in [2.05, 4.69) is 10.2 Å². The second kappa shape index (κ2) is 4.89. The molecule has 0 aliphatic heterocycles. The number of nitrogens with two attached hydrogens (primary N) is 1. The minimum absolute atomic E-state index is 0.499. The van der Waals surface area contributed by atoms with Gasteiger partial charge in [0, 0.05) is 25.4 Å². The van der Waals surface area contributed by atoms with Crippen LogP contribution in [0.5, 0.6) is 0 Å². The number of nitrogens with zero attached hydrogens (tertiary/aromatic N) is 4. The van der Waals surface area contributed by atoms with Crippen molar-refractivity contribution in [1.82, 2.24) is 19.6 Å². The van der Waals surface area contributed by atoms with Gasteiger partial charge in [-0.25, -0.2) is 0 Å². The molecule has 0 saturated heterocycles. The van der Waals surface area contributed by atoms with Gasteiger partial charge in [-0.1, -0.05) is 18.5 Å². The van der Waals surface area contributed by atoms with Gasteiger partial charge in [0.15, 0.2) is 0 Å². The molecule has 0 amide bonds. The highest BCUT2D eigenvalue weighted by molar-refractivity contribution is 6.31. The quantitative estimate of drug-likeness (QED) is 0.895. The summed E-state index contributed by atoms with van der Waals surface area (Å²) in [5, 5.41) is 9.34. The summed E-state index contributed by atoms with van der Waals surface area (Å²) in [5.41, 5.74) is 8.45. The third-order valence-corrected chi connectivity index (χ3v) is 3.17. The maximum Gasteiger partial charge on any atom is 0.0869 e. The molecule has 0 spiro atoms. The summed E-state index contributed by atoms with van der Waals surface area (Å²) in [5.74, 6) is 0. The van der Waals surface area contributed by atoms with Crippen molar-refractivity contribution >= 4 is 11.6 Å². The molecule has 0 unspecified atom stereocenters. The molecule has 0 aliphatic rings. The van der Waals surface area contributed by atoms with Crippen molar-refractivity contribution in [3.63, 3.8) is 0 Å². The molecule has 17 heavy (non-hydrogen) atoms. The second-order valence-electron chi connectivity index (χ2n) is 3.93. The van der Waals surface area contributed by atoms with E-state index in [9.17, 15) is 0 Å². The topological polar surface area (TPSA) is 61.7 Å². The Labute approximate surface area is 105 Å². The summed E-state index contributed by atoms with van der Waals surface area (Å²) >= 11 is 6.27. The van der Waals surface area contributed by atoms with Crippen LogP contribution in [0.1, 0.15) is 23.9 Å². The first kappa shape index (κ1) is 12.1. The van der Waals surface area contributed by atoms with Gasteiger partial charge in [0.2, 0.25) is 0 Å². The Morgan fingerprint density at radius 2 is 2.24 bits per heavy atom. The molecule has 0 saturated carbocycles. The van der Waals surface area contributed by atoms with Crippen molar-refractivity contribution in [1.29, 1.82) is 0 Å². The first-order valence-electron chi connectivity index (χ1n) is 5.57. The van der Waals surface area contributed by atoms with Crippen LogP contribution >= 0.6 is 11.6 Å². The van der Waals surface area contributed by atoms with Crippen molar-refractivity contribution < 1.29 is 0 Å². The summed E-state index contributed by atoms with van der Waals surface area (Å²) in [4.78, 5) is 0. The number of aromatic nitrogens is 4. The SMILES string of the molecule is CCc1nn(C)c(Cn2cc(CN)cn2)c1Cl. The molecule has 0 aromatic carbocycles. The number of aryl methyl sites for hydroxylation is 2. The lowest BCUT2D eigenvalue weighted by molar-refractivity contribution is 0.617. The Bertz CT molecular complexity index is 514. The minimum atomic E-state index is 0.499. The predicted octanol–water partition coefficient (Wildman–Crippen LogP) is 1.34. The van der Waals surface area contributed by atoms with E-state index in [1.807, 2.05) is 29.5 Å². The van der Waals surface area contributed by atoms with Crippen molar-refractivity contribution in [3.05, 3.63) is 34.4 Å². The largest absolute Gasteiger partial charge is 0.326 e. The molecule has 2 rings (SSSR count). The number of hydrogen-bond acceptors (Lipinski definition) is 3. The maximum atomic E-state index is 6.27. The van der Waals surface area contributed by atoms with E-state index in [-0.39, 0.29) is 0 Å². The van der Waals surface area contributed by atoms with Crippen LogP contribution in [0.3, 0.4) is 0 Å². The van der Waals surface area contributed by atoms with Gasteiger partial charge in [-0.05, 0) is 6.42 Å². The molecule has 6 heteroatoms. The van der Waals surface area contributed by atoms with Gasteiger partial charge in [0.25, 0.3) is 0 Å². The van der Waals surface area contributed by atoms with Crippen LogP contribution in [-0.2, 0) is 26.6 Å². The Balaban J connectivity index is 2.26. The van der Waals surface area contributed by atoms with E-state index in [4.69, 9.17) is 17.3 Å². The van der Waals surface area contributed by atoms with E-state index in [0.29, 0.717) is 13.1 Å². The number of hydrogen-bond donors (Lipinski definition) is 1. The molecule has 0 fully saturated rings. The van der Waals surface area contributed by atoms with Crippen molar-refractivity contribution in [2.24, 2.45) is 12.8 Å². The zero-order chi connectivity index (χ0) is 12.4. The first-order chi connectivity index (χ1) is 8.15. The summed E-state index contributed by atoms with van der Waals surface area (Å²) in [6, 6.07) is 0. The summed E-state index contributed by atoms with van der Waals surface area (Å²) in [6.07, 6.45) is 4.53. The Morgan fingerprint density at radius 1 is 1.47 bits per heavy atom. The second-order valence-corrected chi connectivity index (χ2v) is 4.31. The molecular formula is C11H16ClN5. The van der Waals surface area contributed by atoms with Crippen LogP contribution in [0.25, 0.3) is 0 Å². The zero-order valence-electron chi connectivity index (χ0n) is 10.0. The van der Waals surface area contributed by atoms with E-state index in [1.165, 1.54) is 0 Å². The fourth-order valence-electron chi connectivity index (χ4n) is 1.74. The lowest BCUT2D eigenvalue weighted by Crippen LogP contribution is -2.06. The Kier molecular flexibility index (Phi) is 3.49. The molecule has 2 aromatic rings. The molecule has 0 aliphatic carbocycles. The fourth-order valence-corrected chi connectivity index (χ4v) is 2.10. The molecular weight excluding hydrogens is 238 g/mol. The van der Waals surface area contributed by atoms with Gasteiger partial charge < -0.3 is 5.73 Å². The monoisotopic (exact) mass is 253 g/mol. The molecule has 0 bridgehead atoms. The number of halogens is 1. The minimum Gasteiger partial charge on any atom is -0.326 e. The van der Waals surface area contributed by atoms with Gasteiger partial charge in [0.1, 0.15) is 0 Å². The zero-order valence-corrected chi connectivity index (χ0v) is 10.8. The number of rotatable bonds is 4. The fraction of sp³-hybridized carbons (Fsp3) is 0.455. The van der Waals surface area contributed by atoms with E-state index < -0.39 is 0 Å². The Hall–Kier alpha value is -1.33.